The SMILES string of the molecule is Cc1ccc(CCc2ccc3c(c2)N=C(C2=CC(C)C(=O)C=C2)C3)nc1. The number of aryl methyl sites for hydroxylation is 3. The third-order valence-electron chi connectivity index (χ3n) is 5.04. The molecule has 1 aromatic heterocycles. The molecule has 1 aliphatic carbocycles. The van der Waals surface area contributed by atoms with Gasteiger partial charge in [0.15, 0.2) is 5.78 Å². The first-order valence-corrected chi connectivity index (χ1v) is 9.13. The lowest BCUT2D eigenvalue weighted by Gasteiger charge is -2.11. The van der Waals surface area contributed by atoms with E-state index in [2.05, 4.69) is 42.2 Å². The number of carbonyl (C=O) groups excluding carboxylic acids is 1. The standard InChI is InChI=1S/C23H22N2O/c1-15-3-8-20(24-14-15)9-5-17-4-6-19-13-22(25-21(19)12-17)18-7-10-23(26)16(2)11-18/h3-4,6-8,10-12,14,16H,5,9,13H2,1-2H3. The second-order valence-corrected chi connectivity index (χ2v) is 7.17. The third kappa shape index (κ3) is 3.43. The molecule has 2 aromatic rings. The minimum absolute atomic E-state index is 0.0565. The molecule has 0 saturated heterocycles. The lowest BCUT2D eigenvalue weighted by atomic mass is 9.92. The Balaban J connectivity index is 1.49. The van der Waals surface area contributed by atoms with E-state index in [1.165, 1.54) is 16.7 Å². The predicted molar refractivity (Wildman–Crippen MR) is 105 cm³/mol. The van der Waals surface area contributed by atoms with Crippen molar-refractivity contribution in [3.05, 3.63) is 82.7 Å². The summed E-state index contributed by atoms with van der Waals surface area (Å²) in [7, 11) is 0. The van der Waals surface area contributed by atoms with Crippen molar-refractivity contribution in [2.45, 2.75) is 33.1 Å². The summed E-state index contributed by atoms with van der Waals surface area (Å²) in [6, 6.07) is 10.8. The highest BCUT2D eigenvalue weighted by atomic mass is 16.1. The van der Waals surface area contributed by atoms with Gasteiger partial charge in [-0.05, 0) is 66.3 Å². The molecule has 0 bridgehead atoms. The molecule has 0 fully saturated rings. The van der Waals surface area contributed by atoms with Gasteiger partial charge in [0.2, 0.25) is 0 Å². The van der Waals surface area contributed by atoms with Gasteiger partial charge in [0.25, 0.3) is 0 Å². The normalized spacial score (nSPS) is 18.5. The number of aliphatic imine (C=N–C) groups is 1. The number of aromatic nitrogens is 1. The molecule has 0 saturated carbocycles. The van der Waals surface area contributed by atoms with E-state index < -0.39 is 0 Å². The summed E-state index contributed by atoms with van der Waals surface area (Å²) in [4.78, 5) is 21.0. The van der Waals surface area contributed by atoms with Crippen LogP contribution < -0.4 is 0 Å². The van der Waals surface area contributed by atoms with Crippen LogP contribution in [0.5, 0.6) is 0 Å². The number of hydrogen-bond acceptors (Lipinski definition) is 3. The number of hydrogen-bond donors (Lipinski definition) is 0. The molecule has 2 aliphatic rings. The monoisotopic (exact) mass is 342 g/mol. The van der Waals surface area contributed by atoms with Crippen molar-refractivity contribution in [3.63, 3.8) is 0 Å². The molecule has 3 heteroatoms. The maximum atomic E-state index is 11.6. The van der Waals surface area contributed by atoms with E-state index in [4.69, 9.17) is 4.99 Å². The van der Waals surface area contributed by atoms with Gasteiger partial charge in [0.05, 0.1) is 11.4 Å². The van der Waals surface area contributed by atoms with Crippen LogP contribution in [0.4, 0.5) is 5.69 Å². The minimum Gasteiger partial charge on any atom is -0.294 e. The Morgan fingerprint density at radius 2 is 2.00 bits per heavy atom. The summed E-state index contributed by atoms with van der Waals surface area (Å²) in [6.07, 6.45) is 10.3. The van der Waals surface area contributed by atoms with Crippen LogP contribution in [0.15, 0.2) is 65.3 Å². The molecule has 130 valence electrons. The Labute approximate surface area is 154 Å². The Morgan fingerprint density at radius 3 is 2.77 bits per heavy atom. The molecule has 0 amide bonds. The number of pyridine rings is 1. The number of benzene rings is 1. The number of allylic oxidation sites excluding steroid dienone is 4. The fraction of sp³-hybridized carbons (Fsp3) is 0.261. The molecule has 0 spiro atoms. The maximum absolute atomic E-state index is 11.6. The second-order valence-electron chi connectivity index (χ2n) is 7.17. The predicted octanol–water partition coefficient (Wildman–Crippen LogP) is 4.51. The molecule has 1 atom stereocenters. The quantitative estimate of drug-likeness (QED) is 0.821. The minimum atomic E-state index is -0.0565. The van der Waals surface area contributed by atoms with Crippen molar-refractivity contribution in [3.8, 4) is 0 Å². The second kappa shape index (κ2) is 6.83. The van der Waals surface area contributed by atoms with Gasteiger partial charge in [0.1, 0.15) is 0 Å². The van der Waals surface area contributed by atoms with Crippen LogP contribution >= 0.6 is 0 Å². The molecule has 1 aromatic carbocycles. The van der Waals surface area contributed by atoms with Crippen LogP contribution in [-0.4, -0.2) is 16.5 Å². The van der Waals surface area contributed by atoms with E-state index in [1.807, 2.05) is 25.3 Å². The van der Waals surface area contributed by atoms with E-state index in [0.29, 0.717) is 0 Å². The zero-order valence-corrected chi connectivity index (χ0v) is 15.2. The first-order valence-electron chi connectivity index (χ1n) is 9.13. The zero-order chi connectivity index (χ0) is 18.1. The van der Waals surface area contributed by atoms with Crippen molar-refractivity contribution in [2.75, 3.05) is 0 Å². The smallest absolute Gasteiger partial charge is 0.162 e. The van der Waals surface area contributed by atoms with Gasteiger partial charge in [-0.25, -0.2) is 0 Å². The van der Waals surface area contributed by atoms with Gasteiger partial charge in [-0.2, -0.15) is 0 Å². The number of fused-ring (bicyclic) bond motifs is 1. The average Bonchev–Trinajstić information content (AvgIpc) is 3.07. The summed E-state index contributed by atoms with van der Waals surface area (Å²) in [6.45, 7) is 3.99. The molecule has 0 N–H and O–H groups in total. The Hall–Kier alpha value is -2.81. The van der Waals surface area contributed by atoms with Crippen LogP contribution in [0.1, 0.15) is 29.3 Å². The van der Waals surface area contributed by atoms with Crippen LogP contribution in [0.2, 0.25) is 0 Å². The molecular formula is C23H22N2O. The zero-order valence-electron chi connectivity index (χ0n) is 15.2. The summed E-state index contributed by atoms with van der Waals surface area (Å²) in [5, 5.41) is 0. The molecule has 1 unspecified atom stereocenters. The summed E-state index contributed by atoms with van der Waals surface area (Å²) in [5.41, 5.74) is 8.07. The lowest BCUT2D eigenvalue weighted by Crippen LogP contribution is -2.13. The Bertz CT molecular complexity index is 949. The van der Waals surface area contributed by atoms with Crippen LogP contribution in [0, 0.1) is 12.8 Å². The van der Waals surface area contributed by atoms with E-state index in [0.717, 1.165) is 41.9 Å². The number of carbonyl (C=O) groups is 1. The number of nitrogens with zero attached hydrogens (tertiary/aromatic N) is 2. The Morgan fingerprint density at radius 1 is 1.12 bits per heavy atom. The fourth-order valence-corrected chi connectivity index (χ4v) is 3.39. The molecule has 1 aliphatic heterocycles. The van der Waals surface area contributed by atoms with Crippen molar-refractivity contribution in [1.29, 1.82) is 0 Å². The first-order chi connectivity index (χ1) is 12.6. The van der Waals surface area contributed by atoms with E-state index in [-0.39, 0.29) is 11.7 Å². The topological polar surface area (TPSA) is 42.3 Å². The van der Waals surface area contributed by atoms with E-state index >= 15 is 0 Å². The van der Waals surface area contributed by atoms with Crippen LogP contribution in [0.3, 0.4) is 0 Å². The van der Waals surface area contributed by atoms with Gasteiger partial charge in [-0.1, -0.05) is 31.2 Å². The van der Waals surface area contributed by atoms with Crippen molar-refractivity contribution < 1.29 is 4.79 Å². The average molecular weight is 342 g/mol. The molecule has 3 nitrogen and oxygen atoms in total. The van der Waals surface area contributed by atoms with Crippen molar-refractivity contribution >= 4 is 17.2 Å². The fourth-order valence-electron chi connectivity index (χ4n) is 3.39. The van der Waals surface area contributed by atoms with Crippen molar-refractivity contribution in [1.82, 2.24) is 4.98 Å². The number of rotatable bonds is 4. The van der Waals surface area contributed by atoms with Crippen molar-refractivity contribution in [2.24, 2.45) is 10.9 Å². The highest BCUT2D eigenvalue weighted by Gasteiger charge is 2.21. The molecular weight excluding hydrogens is 320 g/mol. The molecule has 2 heterocycles. The van der Waals surface area contributed by atoms with Gasteiger partial charge in [0, 0.05) is 24.2 Å². The van der Waals surface area contributed by atoms with Gasteiger partial charge < -0.3 is 0 Å². The highest BCUT2D eigenvalue weighted by Crippen LogP contribution is 2.31. The third-order valence-corrected chi connectivity index (χ3v) is 5.04. The number of ketones is 1. The molecule has 4 rings (SSSR count). The van der Waals surface area contributed by atoms with E-state index in [1.54, 1.807) is 6.08 Å². The van der Waals surface area contributed by atoms with Crippen LogP contribution in [-0.2, 0) is 24.1 Å². The summed E-state index contributed by atoms with van der Waals surface area (Å²) in [5.74, 6) is 0.107. The Kier molecular flexibility index (Phi) is 4.37. The lowest BCUT2D eigenvalue weighted by molar-refractivity contribution is -0.116. The molecule has 0 radical (unpaired) electrons. The van der Waals surface area contributed by atoms with Crippen LogP contribution in [0.25, 0.3) is 0 Å². The summed E-state index contributed by atoms with van der Waals surface area (Å²) >= 11 is 0. The van der Waals surface area contributed by atoms with Gasteiger partial charge in [-0.3, -0.25) is 14.8 Å². The summed E-state index contributed by atoms with van der Waals surface area (Å²) < 4.78 is 0. The highest BCUT2D eigenvalue weighted by molar-refractivity contribution is 6.11. The first kappa shape index (κ1) is 16.6. The van der Waals surface area contributed by atoms with Gasteiger partial charge in [-0.15, -0.1) is 0 Å². The maximum Gasteiger partial charge on any atom is 0.162 e. The van der Waals surface area contributed by atoms with Gasteiger partial charge >= 0.3 is 0 Å². The molecule has 26 heavy (non-hydrogen) atoms. The largest absolute Gasteiger partial charge is 0.294 e. The van der Waals surface area contributed by atoms with E-state index in [9.17, 15) is 4.79 Å².